The van der Waals surface area contributed by atoms with E-state index >= 15 is 0 Å². The number of carbonyl (C=O) groups excluding carboxylic acids is 2. The highest BCUT2D eigenvalue weighted by atomic mass is 35.5. The minimum absolute atomic E-state index is 0.136. The molecule has 2 atom stereocenters. The van der Waals surface area contributed by atoms with Crippen LogP contribution in [0, 0.1) is 0 Å². The Morgan fingerprint density at radius 3 is 2.87 bits per heavy atom. The second kappa shape index (κ2) is 9.27. The molecule has 1 aliphatic rings. The molecule has 3 aromatic rings. The summed E-state index contributed by atoms with van der Waals surface area (Å²) in [6.45, 7) is 1.83. The van der Waals surface area contributed by atoms with Crippen LogP contribution in [0.3, 0.4) is 0 Å². The maximum atomic E-state index is 13.1. The monoisotopic (exact) mass is 459 g/mol. The highest BCUT2D eigenvalue weighted by Gasteiger charge is 2.39. The molecule has 3 heterocycles. The average Bonchev–Trinajstić information content (AvgIpc) is 3.20. The Kier molecular flexibility index (Phi) is 6.47. The van der Waals surface area contributed by atoms with Gasteiger partial charge >= 0.3 is 0 Å². The van der Waals surface area contributed by atoms with Crippen molar-refractivity contribution in [3.63, 3.8) is 0 Å². The standard InChI is InChI=1S/C21H22ClN5O3S/c1-30-11-17-16(10-28)26(6-7-27(17)21(29)18-4-5-19(22)31-18)9-13-2-3-14-15(8-13)24-12-25-20(14)23/h2-5,8,10,12,16-17H,6-7,9,11H2,1H3,(H2,23,24,25)/t16?,17-/m1/s1. The van der Waals surface area contributed by atoms with Crippen LogP contribution in [0.5, 0.6) is 0 Å². The molecule has 0 bridgehead atoms. The number of nitrogens with zero attached hydrogens (tertiary/aromatic N) is 4. The number of fused-ring (bicyclic) bond motifs is 1. The number of thiophene rings is 1. The van der Waals surface area contributed by atoms with Crippen LogP contribution in [-0.4, -0.2) is 70.9 Å². The van der Waals surface area contributed by atoms with Gasteiger partial charge in [-0.3, -0.25) is 9.69 Å². The first-order valence-corrected chi connectivity index (χ1v) is 10.9. The van der Waals surface area contributed by atoms with Crippen molar-refractivity contribution < 1.29 is 14.3 Å². The third kappa shape index (κ3) is 4.40. The van der Waals surface area contributed by atoms with Crippen LogP contribution >= 0.6 is 22.9 Å². The van der Waals surface area contributed by atoms with E-state index in [0.29, 0.717) is 34.7 Å². The number of rotatable bonds is 6. The lowest BCUT2D eigenvalue weighted by atomic mass is 10.0. The van der Waals surface area contributed by atoms with Crippen LogP contribution in [-0.2, 0) is 16.1 Å². The molecule has 2 N–H and O–H groups in total. The summed E-state index contributed by atoms with van der Waals surface area (Å²) < 4.78 is 5.92. The number of nitrogens with two attached hydrogens (primary N) is 1. The van der Waals surface area contributed by atoms with Crippen molar-refractivity contribution >= 4 is 51.9 Å². The molecule has 0 radical (unpaired) electrons. The molecule has 10 heteroatoms. The molecule has 1 aromatic carbocycles. The van der Waals surface area contributed by atoms with Crippen molar-refractivity contribution in [2.75, 3.05) is 32.5 Å². The Hall–Kier alpha value is -2.59. The van der Waals surface area contributed by atoms with Gasteiger partial charge in [0.05, 0.1) is 33.4 Å². The fraction of sp³-hybridized carbons (Fsp3) is 0.333. The van der Waals surface area contributed by atoms with Crippen LogP contribution in [0.15, 0.2) is 36.7 Å². The van der Waals surface area contributed by atoms with E-state index in [2.05, 4.69) is 14.9 Å². The Morgan fingerprint density at radius 2 is 2.16 bits per heavy atom. The van der Waals surface area contributed by atoms with Crippen molar-refractivity contribution in [1.82, 2.24) is 19.8 Å². The number of nitrogen functional groups attached to an aromatic ring is 1. The van der Waals surface area contributed by atoms with Gasteiger partial charge in [0, 0.05) is 32.1 Å². The molecule has 0 spiro atoms. The van der Waals surface area contributed by atoms with Gasteiger partial charge in [-0.25, -0.2) is 9.97 Å². The van der Waals surface area contributed by atoms with Crippen molar-refractivity contribution in [2.45, 2.75) is 18.6 Å². The molecule has 162 valence electrons. The maximum Gasteiger partial charge on any atom is 0.264 e. The largest absolute Gasteiger partial charge is 0.383 e. The zero-order valence-electron chi connectivity index (χ0n) is 16.9. The maximum absolute atomic E-state index is 13.1. The van der Waals surface area contributed by atoms with E-state index in [1.165, 1.54) is 17.7 Å². The molecule has 0 aliphatic carbocycles. The van der Waals surface area contributed by atoms with Gasteiger partial charge in [0.25, 0.3) is 5.91 Å². The lowest BCUT2D eigenvalue weighted by Crippen LogP contribution is -2.62. The van der Waals surface area contributed by atoms with Crippen molar-refractivity contribution in [2.24, 2.45) is 0 Å². The van der Waals surface area contributed by atoms with E-state index in [1.54, 1.807) is 24.1 Å². The summed E-state index contributed by atoms with van der Waals surface area (Å²) in [5.74, 6) is 0.298. The number of aldehydes is 1. The number of piperazine rings is 1. The van der Waals surface area contributed by atoms with E-state index < -0.39 is 12.1 Å². The zero-order valence-corrected chi connectivity index (χ0v) is 18.5. The smallest absolute Gasteiger partial charge is 0.264 e. The molecular weight excluding hydrogens is 438 g/mol. The van der Waals surface area contributed by atoms with Gasteiger partial charge in [-0.15, -0.1) is 11.3 Å². The Bertz CT molecular complexity index is 1110. The highest BCUT2D eigenvalue weighted by Crippen LogP contribution is 2.27. The molecule has 4 rings (SSSR count). The summed E-state index contributed by atoms with van der Waals surface area (Å²) >= 11 is 7.24. The van der Waals surface area contributed by atoms with Gasteiger partial charge < -0.3 is 20.2 Å². The molecule has 31 heavy (non-hydrogen) atoms. The van der Waals surface area contributed by atoms with E-state index in [4.69, 9.17) is 22.1 Å². The predicted molar refractivity (Wildman–Crippen MR) is 120 cm³/mol. The molecule has 1 fully saturated rings. The summed E-state index contributed by atoms with van der Waals surface area (Å²) in [7, 11) is 1.57. The first kappa shape index (κ1) is 21.6. The van der Waals surface area contributed by atoms with Crippen LogP contribution in [0.2, 0.25) is 4.34 Å². The number of halogens is 1. The van der Waals surface area contributed by atoms with Crippen LogP contribution in [0.25, 0.3) is 10.9 Å². The minimum atomic E-state index is -0.501. The highest BCUT2D eigenvalue weighted by molar-refractivity contribution is 7.17. The molecule has 8 nitrogen and oxygen atoms in total. The van der Waals surface area contributed by atoms with Crippen molar-refractivity contribution in [3.8, 4) is 0 Å². The molecule has 1 amide bonds. The third-order valence-electron chi connectivity index (χ3n) is 5.48. The Balaban J connectivity index is 1.57. The number of benzene rings is 1. The van der Waals surface area contributed by atoms with Gasteiger partial charge in [-0.05, 0) is 29.8 Å². The second-order valence-corrected chi connectivity index (χ2v) is 9.05. The van der Waals surface area contributed by atoms with E-state index in [-0.39, 0.29) is 12.5 Å². The number of carbonyl (C=O) groups is 2. The van der Waals surface area contributed by atoms with Gasteiger partial charge in [0.2, 0.25) is 0 Å². The first-order valence-electron chi connectivity index (χ1n) is 9.75. The lowest BCUT2D eigenvalue weighted by molar-refractivity contribution is -0.118. The number of aromatic nitrogens is 2. The summed E-state index contributed by atoms with van der Waals surface area (Å²) in [4.78, 5) is 37.8. The SMILES string of the molecule is COC[C@@H]1C(C=O)N(Cc2ccc3c(N)ncnc3c2)CCN1C(=O)c1ccc(Cl)s1. The Labute approximate surface area is 188 Å². The molecule has 1 saturated heterocycles. The van der Waals surface area contributed by atoms with Gasteiger partial charge in [-0.1, -0.05) is 17.7 Å². The third-order valence-corrected chi connectivity index (χ3v) is 6.70. The van der Waals surface area contributed by atoms with Crippen molar-refractivity contribution in [1.29, 1.82) is 0 Å². The molecular formula is C21H22ClN5O3S. The topological polar surface area (TPSA) is 102 Å². The number of hydrogen-bond donors (Lipinski definition) is 1. The van der Waals surface area contributed by atoms with E-state index in [1.807, 2.05) is 18.2 Å². The number of amides is 1. The quantitative estimate of drug-likeness (QED) is 0.565. The predicted octanol–water partition coefficient (Wildman–Crippen LogP) is 2.47. The van der Waals surface area contributed by atoms with Gasteiger partial charge in [0.1, 0.15) is 18.4 Å². The summed E-state index contributed by atoms with van der Waals surface area (Å²) in [6.07, 6.45) is 2.33. The van der Waals surface area contributed by atoms with E-state index in [9.17, 15) is 9.59 Å². The summed E-state index contributed by atoms with van der Waals surface area (Å²) in [5.41, 5.74) is 7.66. The summed E-state index contributed by atoms with van der Waals surface area (Å²) in [5, 5.41) is 0.792. The molecule has 1 aliphatic heterocycles. The number of methoxy groups -OCH3 is 1. The number of ether oxygens (including phenoxy) is 1. The number of hydrogen-bond acceptors (Lipinski definition) is 8. The second-order valence-electron chi connectivity index (χ2n) is 7.33. The van der Waals surface area contributed by atoms with Gasteiger partial charge in [-0.2, -0.15) is 0 Å². The zero-order chi connectivity index (χ0) is 22.0. The Morgan fingerprint density at radius 1 is 1.32 bits per heavy atom. The lowest BCUT2D eigenvalue weighted by Gasteiger charge is -2.45. The number of anilines is 1. The van der Waals surface area contributed by atoms with Gasteiger partial charge in [0.15, 0.2) is 0 Å². The molecule has 0 saturated carbocycles. The minimum Gasteiger partial charge on any atom is -0.383 e. The molecule has 1 unspecified atom stereocenters. The first-order chi connectivity index (χ1) is 15.0. The fourth-order valence-electron chi connectivity index (χ4n) is 3.98. The average molecular weight is 460 g/mol. The summed E-state index contributed by atoms with van der Waals surface area (Å²) in [6, 6.07) is 8.32. The van der Waals surface area contributed by atoms with Crippen LogP contribution < -0.4 is 5.73 Å². The fourth-order valence-corrected chi connectivity index (χ4v) is 4.98. The van der Waals surface area contributed by atoms with Crippen molar-refractivity contribution in [3.05, 3.63) is 51.4 Å². The van der Waals surface area contributed by atoms with Crippen LogP contribution in [0.1, 0.15) is 15.2 Å². The normalized spacial score (nSPS) is 19.6. The van der Waals surface area contributed by atoms with E-state index in [0.717, 1.165) is 22.8 Å². The molecule has 2 aromatic heterocycles. The van der Waals surface area contributed by atoms with Crippen LogP contribution in [0.4, 0.5) is 5.82 Å².